The van der Waals surface area contributed by atoms with Gasteiger partial charge in [-0.1, -0.05) is 32.9 Å². The Kier molecular flexibility index (Phi) is 4.15. The quantitative estimate of drug-likeness (QED) is 0.600. The number of hydrogen-bond donors (Lipinski definition) is 0. The van der Waals surface area contributed by atoms with Crippen molar-refractivity contribution in [2.45, 2.75) is 45.3 Å². The molecular formula is C14H22O2Si. The molecule has 0 aliphatic rings. The lowest BCUT2D eigenvalue weighted by Crippen LogP contribution is -2.43. The van der Waals surface area contributed by atoms with Gasteiger partial charge in [0, 0.05) is 6.42 Å². The van der Waals surface area contributed by atoms with Gasteiger partial charge >= 0.3 is 0 Å². The molecule has 0 aliphatic heterocycles. The molecule has 0 saturated carbocycles. The van der Waals surface area contributed by atoms with Crippen LogP contribution in [0.25, 0.3) is 0 Å². The lowest BCUT2D eigenvalue weighted by atomic mass is 10.2. The van der Waals surface area contributed by atoms with Crippen molar-refractivity contribution in [2.24, 2.45) is 0 Å². The molecular weight excluding hydrogens is 228 g/mol. The van der Waals surface area contributed by atoms with Crippen molar-refractivity contribution in [3.63, 3.8) is 0 Å². The van der Waals surface area contributed by atoms with Crippen LogP contribution >= 0.6 is 0 Å². The average Bonchev–Trinajstić information content (AvgIpc) is 2.16. The van der Waals surface area contributed by atoms with Gasteiger partial charge in [0.1, 0.15) is 12.0 Å². The molecule has 0 bridgehead atoms. The summed E-state index contributed by atoms with van der Waals surface area (Å²) in [4.78, 5) is 10.5. The van der Waals surface area contributed by atoms with Crippen LogP contribution < -0.4 is 4.43 Å². The predicted octanol–water partition coefficient (Wildman–Crippen LogP) is 3.81. The minimum absolute atomic E-state index is 0.188. The molecule has 0 aromatic heterocycles. The first kappa shape index (κ1) is 14.0. The van der Waals surface area contributed by atoms with Crippen molar-refractivity contribution in [3.8, 4) is 5.75 Å². The van der Waals surface area contributed by atoms with E-state index in [2.05, 4.69) is 33.9 Å². The van der Waals surface area contributed by atoms with E-state index in [0.29, 0.717) is 6.42 Å². The van der Waals surface area contributed by atoms with Gasteiger partial charge in [-0.05, 0) is 35.8 Å². The van der Waals surface area contributed by atoms with Crippen LogP contribution in [-0.2, 0) is 11.2 Å². The third-order valence-corrected chi connectivity index (χ3v) is 7.76. The van der Waals surface area contributed by atoms with E-state index in [1.54, 1.807) is 0 Å². The number of hydrogen-bond acceptors (Lipinski definition) is 2. The van der Waals surface area contributed by atoms with E-state index >= 15 is 0 Å². The summed E-state index contributed by atoms with van der Waals surface area (Å²) in [6.07, 6.45) is 1.38. The second-order valence-electron chi connectivity index (χ2n) is 5.88. The summed E-state index contributed by atoms with van der Waals surface area (Å²) in [5.74, 6) is 0.885. The molecule has 94 valence electrons. The van der Waals surface area contributed by atoms with Crippen LogP contribution in [0.15, 0.2) is 24.3 Å². The van der Waals surface area contributed by atoms with Gasteiger partial charge in [0.2, 0.25) is 8.32 Å². The van der Waals surface area contributed by atoms with Crippen LogP contribution in [0.4, 0.5) is 0 Å². The largest absolute Gasteiger partial charge is 0.543 e. The van der Waals surface area contributed by atoms with Gasteiger partial charge in [-0.2, -0.15) is 0 Å². The topological polar surface area (TPSA) is 26.3 Å². The van der Waals surface area contributed by atoms with Crippen LogP contribution in [0.3, 0.4) is 0 Å². The molecule has 0 fully saturated rings. The molecule has 0 N–H and O–H groups in total. The molecule has 1 rings (SSSR count). The summed E-state index contributed by atoms with van der Waals surface area (Å²) < 4.78 is 6.18. The maximum absolute atomic E-state index is 10.5. The first-order chi connectivity index (χ1) is 7.76. The van der Waals surface area contributed by atoms with Crippen molar-refractivity contribution in [1.82, 2.24) is 0 Å². The fraction of sp³-hybridized carbons (Fsp3) is 0.500. The van der Waals surface area contributed by atoms with Gasteiger partial charge in [-0.3, -0.25) is 0 Å². The normalized spacial score (nSPS) is 12.3. The van der Waals surface area contributed by atoms with Gasteiger partial charge in [0.05, 0.1) is 0 Å². The zero-order chi connectivity index (χ0) is 13.1. The molecule has 1 aromatic carbocycles. The first-order valence-electron chi connectivity index (χ1n) is 5.98. The monoisotopic (exact) mass is 250 g/mol. The molecule has 3 heteroatoms. The minimum atomic E-state index is -1.78. The zero-order valence-electron chi connectivity index (χ0n) is 11.4. The molecule has 0 aliphatic carbocycles. The summed E-state index contributed by atoms with van der Waals surface area (Å²) in [6.45, 7) is 11.1. The molecule has 0 atom stereocenters. The van der Waals surface area contributed by atoms with Gasteiger partial charge in [0.15, 0.2) is 0 Å². The fourth-order valence-electron chi connectivity index (χ4n) is 1.28. The van der Waals surface area contributed by atoms with E-state index in [1.807, 2.05) is 24.3 Å². The second kappa shape index (κ2) is 5.04. The summed E-state index contributed by atoms with van der Waals surface area (Å²) in [5, 5.41) is 0.188. The van der Waals surface area contributed by atoms with Crippen LogP contribution in [0, 0.1) is 0 Å². The SMILES string of the molecule is CC(C)(C)[Si](C)(C)Oc1cccc(CC=O)c1. The number of carbonyl (C=O) groups excluding carboxylic acids is 1. The van der Waals surface area contributed by atoms with Crippen molar-refractivity contribution in [3.05, 3.63) is 29.8 Å². The standard InChI is InChI=1S/C14H22O2Si/c1-14(2,3)17(4,5)16-13-8-6-7-12(11-13)9-10-15/h6-8,10-11H,9H2,1-5H3. The Balaban J connectivity index is 2.88. The molecule has 0 saturated heterocycles. The van der Waals surface area contributed by atoms with Crippen LogP contribution in [0.2, 0.25) is 18.1 Å². The van der Waals surface area contributed by atoms with Gasteiger partial charge in [-0.15, -0.1) is 0 Å². The van der Waals surface area contributed by atoms with E-state index in [1.165, 1.54) is 0 Å². The highest BCUT2D eigenvalue weighted by Crippen LogP contribution is 2.37. The van der Waals surface area contributed by atoms with Gasteiger partial charge < -0.3 is 9.22 Å². The Labute approximate surface area is 105 Å². The van der Waals surface area contributed by atoms with E-state index in [-0.39, 0.29) is 5.04 Å². The molecule has 0 unspecified atom stereocenters. The maximum Gasteiger partial charge on any atom is 0.250 e. The van der Waals surface area contributed by atoms with Crippen molar-refractivity contribution >= 4 is 14.6 Å². The van der Waals surface area contributed by atoms with E-state index < -0.39 is 8.32 Å². The summed E-state index contributed by atoms with van der Waals surface area (Å²) in [6, 6.07) is 7.83. The Bertz CT molecular complexity index is 391. The van der Waals surface area contributed by atoms with Crippen molar-refractivity contribution in [2.75, 3.05) is 0 Å². The Hall–Kier alpha value is -1.09. The lowest BCUT2D eigenvalue weighted by molar-refractivity contribution is -0.107. The summed E-state index contributed by atoms with van der Waals surface area (Å²) in [5.41, 5.74) is 1.01. The average molecular weight is 250 g/mol. The Morgan fingerprint density at radius 2 is 1.94 bits per heavy atom. The van der Waals surface area contributed by atoms with Crippen molar-refractivity contribution < 1.29 is 9.22 Å². The number of rotatable bonds is 4. The van der Waals surface area contributed by atoms with E-state index in [9.17, 15) is 4.79 Å². The summed E-state index contributed by atoms with van der Waals surface area (Å²) >= 11 is 0. The minimum Gasteiger partial charge on any atom is -0.543 e. The highest BCUT2D eigenvalue weighted by molar-refractivity contribution is 6.74. The molecule has 0 radical (unpaired) electrons. The van der Waals surface area contributed by atoms with E-state index in [0.717, 1.165) is 17.6 Å². The molecule has 17 heavy (non-hydrogen) atoms. The van der Waals surface area contributed by atoms with Gasteiger partial charge in [0.25, 0.3) is 0 Å². The Morgan fingerprint density at radius 1 is 1.29 bits per heavy atom. The van der Waals surface area contributed by atoms with Gasteiger partial charge in [-0.25, -0.2) is 0 Å². The highest BCUT2D eigenvalue weighted by Gasteiger charge is 2.38. The number of carbonyl (C=O) groups is 1. The lowest BCUT2D eigenvalue weighted by Gasteiger charge is -2.36. The zero-order valence-corrected chi connectivity index (χ0v) is 12.4. The maximum atomic E-state index is 10.5. The van der Waals surface area contributed by atoms with Crippen LogP contribution in [0.1, 0.15) is 26.3 Å². The molecule has 0 spiro atoms. The van der Waals surface area contributed by atoms with Crippen molar-refractivity contribution in [1.29, 1.82) is 0 Å². The first-order valence-corrected chi connectivity index (χ1v) is 8.89. The van der Waals surface area contributed by atoms with Crippen LogP contribution in [-0.4, -0.2) is 14.6 Å². The highest BCUT2D eigenvalue weighted by atomic mass is 28.4. The number of benzene rings is 1. The smallest absolute Gasteiger partial charge is 0.250 e. The molecule has 0 amide bonds. The fourth-order valence-corrected chi connectivity index (χ4v) is 2.30. The molecule has 0 heterocycles. The van der Waals surface area contributed by atoms with E-state index in [4.69, 9.17) is 4.43 Å². The predicted molar refractivity (Wildman–Crippen MR) is 74.0 cm³/mol. The van der Waals surface area contributed by atoms with Crippen LogP contribution in [0.5, 0.6) is 5.75 Å². The molecule has 2 nitrogen and oxygen atoms in total. The second-order valence-corrected chi connectivity index (χ2v) is 10.6. The summed E-state index contributed by atoms with van der Waals surface area (Å²) in [7, 11) is -1.78. The Morgan fingerprint density at radius 3 is 2.47 bits per heavy atom. The number of aldehydes is 1. The third-order valence-electron chi connectivity index (χ3n) is 3.40. The third kappa shape index (κ3) is 3.70. The molecule has 1 aromatic rings.